The van der Waals surface area contributed by atoms with Crippen LogP contribution in [0, 0.1) is 0 Å². The van der Waals surface area contributed by atoms with Crippen LogP contribution in [0.25, 0.3) is 0 Å². The largest absolute Gasteiger partial charge is 0.466 e. The average molecular weight is 488 g/mol. The van der Waals surface area contributed by atoms with Gasteiger partial charge in [-0.15, -0.1) is 0 Å². The molecule has 1 fully saturated rings. The van der Waals surface area contributed by atoms with Gasteiger partial charge in [0.2, 0.25) is 5.72 Å². The minimum Gasteiger partial charge on any atom is -0.466 e. The number of likely N-dealkylation sites (tertiary alicyclic amines) is 1. The summed E-state index contributed by atoms with van der Waals surface area (Å²) in [4.78, 5) is 2.54. The van der Waals surface area contributed by atoms with Gasteiger partial charge in [-0.25, -0.2) is 5.01 Å². The Balaban J connectivity index is 1.29. The van der Waals surface area contributed by atoms with Crippen LogP contribution in [0.5, 0.6) is 5.75 Å². The quantitative estimate of drug-likeness (QED) is 0.454. The zero-order valence-electron chi connectivity index (χ0n) is 18.0. The van der Waals surface area contributed by atoms with E-state index in [0.717, 1.165) is 54.8 Å². The molecule has 1 atom stereocenters. The number of para-hydroxylation sites is 1. The van der Waals surface area contributed by atoms with Crippen molar-refractivity contribution in [3.05, 3.63) is 100 Å². The van der Waals surface area contributed by atoms with Gasteiger partial charge >= 0.3 is 0 Å². The molecular formula is C27H26BrN3O. The zero-order chi connectivity index (χ0) is 21.5. The molecule has 0 radical (unpaired) electrons. The van der Waals surface area contributed by atoms with E-state index >= 15 is 0 Å². The highest BCUT2D eigenvalue weighted by Gasteiger charge is 2.51. The van der Waals surface area contributed by atoms with Gasteiger partial charge in [0.25, 0.3) is 0 Å². The van der Waals surface area contributed by atoms with Crippen molar-refractivity contribution in [2.45, 2.75) is 37.6 Å². The maximum Gasteiger partial charge on any atom is 0.200 e. The predicted molar refractivity (Wildman–Crippen MR) is 131 cm³/mol. The molecule has 0 aromatic heterocycles. The molecule has 0 aliphatic carbocycles. The Morgan fingerprint density at radius 1 is 0.906 bits per heavy atom. The molecule has 3 aromatic carbocycles. The first-order valence-electron chi connectivity index (χ1n) is 11.4. The lowest BCUT2D eigenvalue weighted by Gasteiger charge is -2.51. The third kappa shape index (κ3) is 3.54. The van der Waals surface area contributed by atoms with Crippen LogP contribution in [0.3, 0.4) is 0 Å². The van der Waals surface area contributed by atoms with Gasteiger partial charge in [-0.3, -0.25) is 4.90 Å². The third-order valence-corrected chi connectivity index (χ3v) is 7.50. The number of fused-ring (bicyclic) bond motifs is 4. The van der Waals surface area contributed by atoms with Gasteiger partial charge in [-0.2, -0.15) is 5.10 Å². The van der Waals surface area contributed by atoms with Crippen LogP contribution >= 0.6 is 15.9 Å². The van der Waals surface area contributed by atoms with Crippen molar-refractivity contribution in [2.24, 2.45) is 5.10 Å². The predicted octanol–water partition coefficient (Wildman–Crippen LogP) is 5.98. The Kier molecular flexibility index (Phi) is 5.04. The van der Waals surface area contributed by atoms with Crippen molar-refractivity contribution in [1.82, 2.24) is 9.91 Å². The van der Waals surface area contributed by atoms with Crippen molar-refractivity contribution in [3.63, 3.8) is 0 Å². The highest BCUT2D eigenvalue weighted by molar-refractivity contribution is 9.10. The summed E-state index contributed by atoms with van der Waals surface area (Å²) in [5.41, 5.74) is 4.59. The van der Waals surface area contributed by atoms with Gasteiger partial charge in [-0.05, 0) is 29.3 Å². The zero-order valence-corrected chi connectivity index (χ0v) is 19.5. The highest BCUT2D eigenvalue weighted by atomic mass is 79.9. The van der Waals surface area contributed by atoms with Crippen LogP contribution in [0.2, 0.25) is 0 Å². The number of piperidine rings is 1. The first-order valence-corrected chi connectivity index (χ1v) is 12.2. The van der Waals surface area contributed by atoms with Gasteiger partial charge in [0.15, 0.2) is 0 Å². The molecule has 0 amide bonds. The number of ether oxygens (including phenoxy) is 1. The van der Waals surface area contributed by atoms with Crippen LogP contribution in [0.4, 0.5) is 0 Å². The Morgan fingerprint density at radius 2 is 1.62 bits per heavy atom. The van der Waals surface area contributed by atoms with E-state index in [4.69, 9.17) is 9.84 Å². The summed E-state index contributed by atoms with van der Waals surface area (Å²) in [7, 11) is 0. The van der Waals surface area contributed by atoms with Crippen LogP contribution in [0.15, 0.2) is 88.4 Å². The maximum absolute atomic E-state index is 6.76. The second-order valence-corrected chi connectivity index (χ2v) is 9.88. The maximum atomic E-state index is 6.76. The summed E-state index contributed by atoms with van der Waals surface area (Å²) < 4.78 is 7.85. The SMILES string of the molecule is Brc1ccc(C2=NN3C(C2)c2ccccc2OC32CCN(Cc3ccccc3)CC2)cc1. The highest BCUT2D eigenvalue weighted by Crippen LogP contribution is 2.50. The smallest absolute Gasteiger partial charge is 0.200 e. The molecular weight excluding hydrogens is 462 g/mol. The average Bonchev–Trinajstić information content (AvgIpc) is 3.29. The minimum atomic E-state index is -0.372. The molecule has 0 N–H and O–H groups in total. The topological polar surface area (TPSA) is 28.1 Å². The molecule has 0 bridgehead atoms. The number of hydrogen-bond donors (Lipinski definition) is 0. The lowest BCUT2D eigenvalue weighted by Crippen LogP contribution is -2.59. The van der Waals surface area contributed by atoms with E-state index in [1.54, 1.807) is 0 Å². The lowest BCUT2D eigenvalue weighted by molar-refractivity contribution is -0.150. The number of halogens is 1. The molecule has 32 heavy (non-hydrogen) atoms. The Labute approximate surface area is 197 Å². The van der Waals surface area contributed by atoms with Gasteiger partial charge < -0.3 is 4.74 Å². The number of hydrazone groups is 1. The fourth-order valence-electron chi connectivity index (χ4n) is 5.28. The fourth-order valence-corrected chi connectivity index (χ4v) is 5.54. The summed E-state index contributed by atoms with van der Waals surface area (Å²) in [6, 6.07) is 28.0. The van der Waals surface area contributed by atoms with Gasteiger partial charge in [0, 0.05) is 48.9 Å². The van der Waals surface area contributed by atoms with E-state index in [0.29, 0.717) is 0 Å². The normalized spacial score (nSPS) is 21.6. The first-order chi connectivity index (χ1) is 15.7. The monoisotopic (exact) mass is 487 g/mol. The fraction of sp³-hybridized carbons (Fsp3) is 0.296. The Bertz CT molecular complexity index is 1140. The van der Waals surface area contributed by atoms with Crippen molar-refractivity contribution >= 4 is 21.6 Å². The molecule has 3 aliphatic rings. The molecule has 3 heterocycles. The van der Waals surface area contributed by atoms with Crippen LogP contribution in [-0.2, 0) is 6.54 Å². The summed E-state index contributed by atoms with van der Waals surface area (Å²) >= 11 is 3.55. The molecule has 1 saturated heterocycles. The molecule has 5 heteroatoms. The summed E-state index contributed by atoms with van der Waals surface area (Å²) in [6.45, 7) is 3.00. The molecule has 4 nitrogen and oxygen atoms in total. The summed E-state index contributed by atoms with van der Waals surface area (Å²) in [6.07, 6.45) is 2.81. The number of rotatable bonds is 3. The van der Waals surface area contributed by atoms with Crippen molar-refractivity contribution in [1.29, 1.82) is 0 Å². The standard InChI is InChI=1S/C27H26BrN3O/c28-22-12-10-21(11-13-22)24-18-25-23-8-4-5-9-26(23)32-27(31(25)29-24)14-16-30(17-15-27)19-20-6-2-1-3-7-20/h1-13,25H,14-19H2. The molecule has 0 saturated carbocycles. The van der Waals surface area contributed by atoms with Crippen molar-refractivity contribution < 1.29 is 4.74 Å². The van der Waals surface area contributed by atoms with Crippen molar-refractivity contribution in [3.8, 4) is 5.75 Å². The third-order valence-electron chi connectivity index (χ3n) is 6.97. The molecule has 3 aliphatic heterocycles. The van der Waals surface area contributed by atoms with Crippen LogP contribution < -0.4 is 4.74 Å². The molecule has 6 rings (SSSR count). The molecule has 162 valence electrons. The second kappa shape index (κ2) is 8.05. The van der Waals surface area contributed by atoms with E-state index in [9.17, 15) is 0 Å². The van der Waals surface area contributed by atoms with Gasteiger partial charge in [0.1, 0.15) is 5.75 Å². The van der Waals surface area contributed by atoms with Gasteiger partial charge in [-0.1, -0.05) is 76.6 Å². The van der Waals surface area contributed by atoms with E-state index in [2.05, 4.69) is 105 Å². The minimum absolute atomic E-state index is 0.235. The first kappa shape index (κ1) is 20.0. The molecule has 3 aromatic rings. The van der Waals surface area contributed by atoms with Crippen LogP contribution in [-0.4, -0.2) is 34.4 Å². The number of hydrogen-bond acceptors (Lipinski definition) is 4. The van der Waals surface area contributed by atoms with Crippen LogP contribution in [0.1, 0.15) is 42.0 Å². The van der Waals surface area contributed by atoms with Gasteiger partial charge in [0.05, 0.1) is 11.8 Å². The van der Waals surface area contributed by atoms with E-state index in [1.165, 1.54) is 16.7 Å². The Hall–Kier alpha value is -2.63. The van der Waals surface area contributed by atoms with E-state index in [-0.39, 0.29) is 11.8 Å². The lowest BCUT2D eigenvalue weighted by atomic mass is 9.90. The van der Waals surface area contributed by atoms with Crippen molar-refractivity contribution in [2.75, 3.05) is 13.1 Å². The van der Waals surface area contributed by atoms with E-state index in [1.807, 2.05) is 0 Å². The molecule has 1 unspecified atom stereocenters. The second-order valence-electron chi connectivity index (χ2n) is 8.97. The summed E-state index contributed by atoms with van der Waals surface area (Å²) in [5.74, 6) is 1.03. The molecule has 1 spiro atoms. The number of nitrogens with zero attached hydrogens (tertiary/aromatic N) is 3. The van der Waals surface area contributed by atoms with E-state index < -0.39 is 0 Å². The number of benzene rings is 3. The Morgan fingerprint density at radius 3 is 2.41 bits per heavy atom. The summed E-state index contributed by atoms with van der Waals surface area (Å²) in [5, 5.41) is 7.48.